The second kappa shape index (κ2) is 14.9. The van der Waals surface area contributed by atoms with Crippen LogP contribution in [-0.2, 0) is 26.0 Å². The molecule has 1 amide bonds. The van der Waals surface area contributed by atoms with Crippen molar-refractivity contribution in [2.75, 3.05) is 32.0 Å². The van der Waals surface area contributed by atoms with E-state index in [1.807, 2.05) is 56.3 Å². The average molecular weight is 585 g/mol. The molecular weight excluding hydrogens is 544 g/mol. The number of carboxylic acids is 1. The Morgan fingerprint density at radius 3 is 2.34 bits per heavy atom. The van der Waals surface area contributed by atoms with Gasteiger partial charge in [-0.3, -0.25) is 14.9 Å². The number of benzene rings is 3. The van der Waals surface area contributed by atoms with E-state index >= 15 is 0 Å². The number of carbonyl (C=O) groups is 2. The van der Waals surface area contributed by atoms with Crippen molar-refractivity contribution >= 4 is 38.4 Å². The van der Waals surface area contributed by atoms with Gasteiger partial charge in [-0.25, -0.2) is 8.42 Å². The van der Waals surface area contributed by atoms with Crippen LogP contribution in [0.4, 0.5) is 5.69 Å². The molecule has 0 heterocycles. The van der Waals surface area contributed by atoms with E-state index in [0.29, 0.717) is 24.9 Å². The number of hydrogen-bond acceptors (Lipinski definition) is 7. The summed E-state index contributed by atoms with van der Waals surface area (Å²) in [6.07, 6.45) is 1.01. The first-order valence-electron chi connectivity index (χ1n) is 13.7. The van der Waals surface area contributed by atoms with Gasteiger partial charge in [-0.2, -0.15) is 4.31 Å². The fourth-order valence-electron chi connectivity index (χ4n) is 4.74. The fraction of sp³-hybridized carbons (Fsp3) is 0.400. The lowest BCUT2D eigenvalue weighted by atomic mass is 9.98. The van der Waals surface area contributed by atoms with Gasteiger partial charge in [-0.1, -0.05) is 56.3 Å². The largest absolute Gasteiger partial charge is 0.480 e. The fourth-order valence-corrected chi connectivity index (χ4v) is 6.55. The maximum Gasteiger partial charge on any atom is 0.317 e. The molecule has 0 aliphatic heterocycles. The third kappa shape index (κ3) is 8.99. The molecule has 0 fully saturated rings. The van der Waals surface area contributed by atoms with Crippen molar-refractivity contribution in [2.45, 2.75) is 50.1 Å². The Morgan fingerprint density at radius 1 is 1.00 bits per heavy atom. The van der Waals surface area contributed by atoms with Crippen LogP contribution in [0.2, 0.25) is 0 Å². The van der Waals surface area contributed by atoms with E-state index in [1.54, 1.807) is 0 Å². The Balaban J connectivity index is 1.67. The van der Waals surface area contributed by atoms with Gasteiger partial charge < -0.3 is 21.3 Å². The molecule has 3 rings (SSSR count). The summed E-state index contributed by atoms with van der Waals surface area (Å²) >= 11 is 0. The zero-order chi connectivity index (χ0) is 30.0. The van der Waals surface area contributed by atoms with Gasteiger partial charge in [0.1, 0.15) is 0 Å². The first-order chi connectivity index (χ1) is 19.5. The number of aliphatic hydroxyl groups excluding tert-OH is 1. The molecule has 222 valence electrons. The second-order valence-electron chi connectivity index (χ2n) is 10.5. The minimum absolute atomic E-state index is 0.0162. The molecular formula is C30H40N4O6S. The molecule has 0 saturated carbocycles. The maximum absolute atomic E-state index is 13.5. The van der Waals surface area contributed by atoms with Crippen LogP contribution in [0.25, 0.3) is 10.8 Å². The lowest BCUT2D eigenvalue weighted by Crippen LogP contribution is -2.48. The maximum atomic E-state index is 13.5. The Bertz CT molecular complexity index is 1410. The number of aliphatic carboxylic acids is 1. The highest BCUT2D eigenvalue weighted by molar-refractivity contribution is 7.89. The SMILES string of the molecule is CC(C)CN([C@H](CO)CCCNC(=O)[C@H](Cc1cccc2ccccc12)NCC(=O)O)S(=O)(=O)c1ccc(N)cc1. The monoisotopic (exact) mass is 584 g/mol. The Morgan fingerprint density at radius 2 is 1.68 bits per heavy atom. The summed E-state index contributed by atoms with van der Waals surface area (Å²) in [5.74, 6) is -1.41. The summed E-state index contributed by atoms with van der Waals surface area (Å²) in [7, 11) is -3.89. The first-order valence-corrected chi connectivity index (χ1v) is 15.1. The Hall–Kier alpha value is -3.51. The molecule has 2 atom stereocenters. The molecule has 0 saturated heterocycles. The number of sulfonamides is 1. The molecule has 0 bridgehead atoms. The summed E-state index contributed by atoms with van der Waals surface area (Å²) in [5, 5.41) is 27.0. The van der Waals surface area contributed by atoms with Crippen molar-refractivity contribution < 1.29 is 28.2 Å². The summed E-state index contributed by atoms with van der Waals surface area (Å²) in [5.41, 5.74) is 7.09. The highest BCUT2D eigenvalue weighted by Crippen LogP contribution is 2.23. The number of amides is 1. The first kappa shape index (κ1) is 32.0. The van der Waals surface area contributed by atoms with E-state index in [-0.39, 0.29) is 43.0 Å². The number of nitrogens with one attached hydrogen (secondary N) is 2. The predicted molar refractivity (Wildman–Crippen MR) is 160 cm³/mol. The number of nitrogens with two attached hydrogens (primary N) is 1. The van der Waals surface area contributed by atoms with Crippen LogP contribution in [-0.4, -0.2) is 73.1 Å². The topological polar surface area (TPSA) is 162 Å². The van der Waals surface area contributed by atoms with Crippen LogP contribution >= 0.6 is 0 Å². The molecule has 11 heteroatoms. The minimum Gasteiger partial charge on any atom is -0.480 e. The van der Waals surface area contributed by atoms with Gasteiger partial charge in [0.25, 0.3) is 0 Å². The number of anilines is 1. The molecule has 0 aromatic heterocycles. The molecule has 10 nitrogen and oxygen atoms in total. The van der Waals surface area contributed by atoms with Crippen molar-refractivity contribution in [3.63, 3.8) is 0 Å². The molecule has 0 spiro atoms. The molecule has 3 aromatic rings. The predicted octanol–water partition coefficient (Wildman–Crippen LogP) is 2.61. The lowest BCUT2D eigenvalue weighted by molar-refractivity contribution is -0.136. The van der Waals surface area contributed by atoms with Gasteiger partial charge in [-0.05, 0) is 65.8 Å². The van der Waals surface area contributed by atoms with Crippen LogP contribution < -0.4 is 16.4 Å². The van der Waals surface area contributed by atoms with Crippen LogP contribution in [0.5, 0.6) is 0 Å². The molecule has 0 unspecified atom stereocenters. The number of hydrogen-bond donors (Lipinski definition) is 5. The van der Waals surface area contributed by atoms with Gasteiger partial charge in [-0.15, -0.1) is 0 Å². The molecule has 3 aromatic carbocycles. The smallest absolute Gasteiger partial charge is 0.317 e. The van der Waals surface area contributed by atoms with Crippen molar-refractivity contribution in [1.29, 1.82) is 0 Å². The van der Waals surface area contributed by atoms with E-state index in [0.717, 1.165) is 16.3 Å². The number of aliphatic hydroxyl groups is 1. The van der Waals surface area contributed by atoms with E-state index in [1.165, 1.54) is 28.6 Å². The van der Waals surface area contributed by atoms with Crippen molar-refractivity contribution in [2.24, 2.45) is 5.92 Å². The quantitative estimate of drug-likeness (QED) is 0.127. The minimum atomic E-state index is -3.89. The summed E-state index contributed by atoms with van der Waals surface area (Å²) in [4.78, 5) is 24.4. The van der Waals surface area contributed by atoms with Crippen molar-refractivity contribution in [3.05, 3.63) is 72.3 Å². The highest BCUT2D eigenvalue weighted by Gasteiger charge is 2.31. The van der Waals surface area contributed by atoms with Gasteiger partial charge in [0.05, 0.1) is 24.1 Å². The van der Waals surface area contributed by atoms with E-state index in [2.05, 4.69) is 10.6 Å². The third-order valence-corrected chi connectivity index (χ3v) is 8.72. The zero-order valence-electron chi connectivity index (χ0n) is 23.5. The number of nitrogen functional groups attached to an aromatic ring is 1. The summed E-state index contributed by atoms with van der Waals surface area (Å²) < 4.78 is 28.2. The Kier molecular flexibility index (Phi) is 11.7. The molecule has 0 aliphatic carbocycles. The third-order valence-electron chi connectivity index (χ3n) is 6.78. The zero-order valence-corrected chi connectivity index (χ0v) is 24.3. The van der Waals surface area contributed by atoms with Crippen molar-refractivity contribution in [3.8, 4) is 0 Å². The van der Waals surface area contributed by atoms with Crippen LogP contribution in [0.15, 0.2) is 71.6 Å². The average Bonchev–Trinajstić information content (AvgIpc) is 2.94. The van der Waals surface area contributed by atoms with Gasteiger partial charge in [0.2, 0.25) is 15.9 Å². The summed E-state index contributed by atoms with van der Waals surface area (Å²) in [6.45, 7) is 3.51. The molecule has 0 aliphatic rings. The van der Waals surface area contributed by atoms with Crippen molar-refractivity contribution in [1.82, 2.24) is 14.9 Å². The van der Waals surface area contributed by atoms with E-state index < -0.39 is 28.1 Å². The van der Waals surface area contributed by atoms with Gasteiger partial charge in [0.15, 0.2) is 0 Å². The molecule has 41 heavy (non-hydrogen) atoms. The van der Waals surface area contributed by atoms with E-state index in [9.17, 15) is 28.2 Å². The highest BCUT2D eigenvalue weighted by atomic mass is 32.2. The molecule has 0 radical (unpaired) electrons. The number of carbonyl (C=O) groups excluding carboxylic acids is 1. The second-order valence-corrected chi connectivity index (χ2v) is 12.4. The lowest BCUT2D eigenvalue weighted by Gasteiger charge is -2.31. The van der Waals surface area contributed by atoms with Crippen LogP contribution in [0.1, 0.15) is 32.3 Å². The Labute approximate surface area is 241 Å². The number of fused-ring (bicyclic) bond motifs is 1. The summed E-state index contributed by atoms with van der Waals surface area (Å²) in [6, 6.07) is 18.1. The number of rotatable bonds is 16. The number of carboxylic acid groups (broad SMARTS) is 1. The normalized spacial score (nSPS) is 13.4. The van der Waals surface area contributed by atoms with Gasteiger partial charge >= 0.3 is 5.97 Å². The van der Waals surface area contributed by atoms with Gasteiger partial charge in [0, 0.05) is 24.8 Å². The van der Waals surface area contributed by atoms with E-state index in [4.69, 9.17) is 5.73 Å². The number of nitrogens with zero attached hydrogens (tertiary/aromatic N) is 1. The van der Waals surface area contributed by atoms with Crippen LogP contribution in [0.3, 0.4) is 0 Å². The standard InChI is InChI=1S/C30H40N4O6S/c1-21(2)19-34(41(39,40)26-14-12-24(31)13-15-26)25(20-35)10-6-16-32-30(38)28(33-18-29(36)37)17-23-9-5-8-22-7-3-4-11-27(22)23/h3-5,7-9,11-15,21,25,28,33,35H,6,10,16-20,31H2,1-2H3,(H,32,38)(H,36,37)/t25-,28-/m0/s1. The van der Waals surface area contributed by atoms with Crippen LogP contribution in [0, 0.1) is 5.92 Å². The molecule has 6 N–H and O–H groups in total.